The van der Waals surface area contributed by atoms with Crippen molar-refractivity contribution in [2.45, 2.75) is 19.1 Å². The quantitative estimate of drug-likeness (QED) is 0.529. The minimum Gasteiger partial charge on any atom is -0.334 e. The average molecular weight is 213 g/mol. The Bertz CT molecular complexity index is 203. The lowest BCUT2D eigenvalue weighted by atomic mass is 10.1. The molecule has 2 nitrogen and oxygen atoms in total. The van der Waals surface area contributed by atoms with Crippen LogP contribution in [0.4, 0.5) is 0 Å². The third-order valence-corrected chi connectivity index (χ3v) is 2.71. The Balaban J connectivity index is 4.40. The van der Waals surface area contributed by atoms with Crippen LogP contribution in [-0.4, -0.2) is 29.1 Å². The molecule has 0 rings (SSSR count). The molecule has 1 amide bonds. The molecule has 0 saturated carbocycles. The molecule has 0 fully saturated rings. The number of thiol groups is 1. The monoisotopic (exact) mass is 213 g/mol. The van der Waals surface area contributed by atoms with E-state index in [1.165, 1.54) is 0 Å². The second-order valence-electron chi connectivity index (χ2n) is 3.51. The highest BCUT2D eigenvalue weighted by Gasteiger charge is 2.22. The third kappa shape index (κ3) is 4.01. The second-order valence-corrected chi connectivity index (χ2v) is 4.07. The zero-order valence-corrected chi connectivity index (χ0v) is 9.83. The van der Waals surface area contributed by atoms with Gasteiger partial charge in [-0.15, -0.1) is 13.2 Å². The summed E-state index contributed by atoms with van der Waals surface area (Å²) >= 11 is 4.28. The van der Waals surface area contributed by atoms with Gasteiger partial charge in [0, 0.05) is 13.1 Å². The molecule has 80 valence electrons. The van der Waals surface area contributed by atoms with Crippen molar-refractivity contribution in [3.8, 4) is 0 Å². The Hall–Kier alpha value is -0.700. The molecule has 0 aliphatic heterocycles. The summed E-state index contributed by atoms with van der Waals surface area (Å²) in [6.07, 6.45) is 3.42. The lowest BCUT2D eigenvalue weighted by Crippen LogP contribution is -2.39. The molecule has 3 heteroatoms. The van der Waals surface area contributed by atoms with Gasteiger partial charge in [-0.1, -0.05) is 26.0 Å². The molecule has 0 radical (unpaired) electrons. The second kappa shape index (κ2) is 6.71. The fraction of sp³-hybridized carbons (Fsp3) is 0.545. The molecule has 14 heavy (non-hydrogen) atoms. The van der Waals surface area contributed by atoms with E-state index < -0.39 is 0 Å². The van der Waals surface area contributed by atoms with Crippen LogP contribution in [0.2, 0.25) is 0 Å². The summed E-state index contributed by atoms with van der Waals surface area (Å²) in [5, 5.41) is -0.241. The van der Waals surface area contributed by atoms with Gasteiger partial charge in [0.15, 0.2) is 0 Å². The summed E-state index contributed by atoms with van der Waals surface area (Å²) in [5.74, 6) is 0.283. The molecular weight excluding hydrogens is 194 g/mol. The van der Waals surface area contributed by atoms with Crippen molar-refractivity contribution in [2.24, 2.45) is 5.92 Å². The van der Waals surface area contributed by atoms with Crippen LogP contribution in [0.15, 0.2) is 25.3 Å². The standard InChI is InChI=1S/C11H19NOS/c1-5-7-12(8-6-2)11(13)10(14)9(3)4/h5-6,9-10,14H,1-2,7-8H2,3-4H3. The van der Waals surface area contributed by atoms with Gasteiger partial charge in [-0.2, -0.15) is 12.6 Å². The normalized spacial score (nSPS) is 12.3. The highest BCUT2D eigenvalue weighted by atomic mass is 32.1. The van der Waals surface area contributed by atoms with Crippen molar-refractivity contribution < 1.29 is 4.79 Å². The zero-order valence-electron chi connectivity index (χ0n) is 8.94. The molecule has 0 N–H and O–H groups in total. The van der Waals surface area contributed by atoms with Crippen molar-refractivity contribution in [3.63, 3.8) is 0 Å². The van der Waals surface area contributed by atoms with Gasteiger partial charge >= 0.3 is 0 Å². The van der Waals surface area contributed by atoms with Crippen molar-refractivity contribution in [1.29, 1.82) is 0 Å². The average Bonchev–Trinajstić information content (AvgIpc) is 2.15. The van der Waals surface area contributed by atoms with Crippen LogP contribution >= 0.6 is 12.6 Å². The van der Waals surface area contributed by atoms with E-state index in [2.05, 4.69) is 25.8 Å². The molecular formula is C11H19NOS. The maximum atomic E-state index is 11.8. The van der Waals surface area contributed by atoms with Crippen LogP contribution in [0.5, 0.6) is 0 Å². The van der Waals surface area contributed by atoms with Gasteiger partial charge in [0.2, 0.25) is 5.91 Å². The molecule has 1 unspecified atom stereocenters. The lowest BCUT2D eigenvalue weighted by Gasteiger charge is -2.24. The summed E-state index contributed by atoms with van der Waals surface area (Å²) in [4.78, 5) is 13.5. The summed E-state index contributed by atoms with van der Waals surface area (Å²) in [6, 6.07) is 0. The first-order valence-electron chi connectivity index (χ1n) is 4.73. The van der Waals surface area contributed by atoms with Crippen LogP contribution in [0.1, 0.15) is 13.8 Å². The van der Waals surface area contributed by atoms with Crippen LogP contribution in [0.3, 0.4) is 0 Å². The molecule has 0 heterocycles. The van der Waals surface area contributed by atoms with E-state index in [4.69, 9.17) is 0 Å². The van der Waals surface area contributed by atoms with Gasteiger partial charge in [-0.3, -0.25) is 4.79 Å². The minimum atomic E-state index is -0.241. The predicted molar refractivity (Wildman–Crippen MR) is 64.6 cm³/mol. The van der Waals surface area contributed by atoms with E-state index >= 15 is 0 Å². The minimum absolute atomic E-state index is 0.0446. The SMILES string of the molecule is C=CCN(CC=C)C(=O)C(S)C(C)C. The van der Waals surface area contributed by atoms with Crippen LogP contribution in [0, 0.1) is 5.92 Å². The highest BCUT2D eigenvalue weighted by Crippen LogP contribution is 2.12. The number of hydrogen-bond acceptors (Lipinski definition) is 2. The molecule has 1 atom stereocenters. The van der Waals surface area contributed by atoms with Crippen LogP contribution in [-0.2, 0) is 4.79 Å². The van der Waals surface area contributed by atoms with Crippen LogP contribution in [0.25, 0.3) is 0 Å². The molecule has 0 bridgehead atoms. The van der Waals surface area contributed by atoms with Gasteiger partial charge in [0.1, 0.15) is 0 Å². The van der Waals surface area contributed by atoms with Crippen LogP contribution < -0.4 is 0 Å². The van der Waals surface area contributed by atoms with Gasteiger partial charge in [-0.25, -0.2) is 0 Å². The van der Waals surface area contributed by atoms with Crippen molar-refractivity contribution in [3.05, 3.63) is 25.3 Å². The first kappa shape index (κ1) is 13.3. The number of carbonyl (C=O) groups excluding carboxylic acids is 1. The first-order chi connectivity index (χ1) is 6.54. The summed E-state index contributed by atoms with van der Waals surface area (Å²) in [5.41, 5.74) is 0. The predicted octanol–water partition coefficient (Wildman–Crippen LogP) is 2.14. The van der Waals surface area contributed by atoms with Gasteiger partial charge in [0.25, 0.3) is 0 Å². The van der Waals surface area contributed by atoms with Gasteiger partial charge in [-0.05, 0) is 5.92 Å². The van der Waals surface area contributed by atoms with Gasteiger partial charge in [0.05, 0.1) is 5.25 Å². The van der Waals surface area contributed by atoms with E-state index in [0.717, 1.165) is 0 Å². The topological polar surface area (TPSA) is 20.3 Å². The fourth-order valence-corrected chi connectivity index (χ4v) is 1.20. The number of amides is 1. The van der Waals surface area contributed by atoms with Crippen molar-refractivity contribution in [1.82, 2.24) is 4.90 Å². The number of rotatable bonds is 6. The molecule has 0 aromatic rings. The third-order valence-electron chi connectivity index (χ3n) is 1.90. The van der Waals surface area contributed by atoms with E-state index in [1.54, 1.807) is 17.1 Å². The van der Waals surface area contributed by atoms with E-state index in [1.807, 2.05) is 13.8 Å². The van der Waals surface area contributed by atoms with Gasteiger partial charge < -0.3 is 4.90 Å². The van der Waals surface area contributed by atoms with Crippen molar-refractivity contribution >= 4 is 18.5 Å². The zero-order chi connectivity index (χ0) is 11.1. The largest absolute Gasteiger partial charge is 0.334 e. The molecule has 0 aromatic heterocycles. The number of carbonyl (C=O) groups is 1. The summed E-state index contributed by atoms with van der Waals surface area (Å²) in [7, 11) is 0. The Morgan fingerprint density at radius 3 is 2.07 bits per heavy atom. The van der Waals surface area contributed by atoms with E-state index in [9.17, 15) is 4.79 Å². The summed E-state index contributed by atoms with van der Waals surface area (Å²) < 4.78 is 0. The molecule has 0 aliphatic carbocycles. The molecule has 0 spiro atoms. The highest BCUT2D eigenvalue weighted by molar-refractivity contribution is 7.81. The number of hydrogen-bond donors (Lipinski definition) is 1. The molecule has 0 saturated heterocycles. The number of nitrogens with zero attached hydrogens (tertiary/aromatic N) is 1. The maximum Gasteiger partial charge on any atom is 0.236 e. The van der Waals surface area contributed by atoms with E-state index in [0.29, 0.717) is 13.1 Å². The summed E-state index contributed by atoms with van der Waals surface area (Å²) in [6.45, 7) is 12.3. The Morgan fingerprint density at radius 2 is 1.79 bits per heavy atom. The molecule has 0 aromatic carbocycles. The smallest absolute Gasteiger partial charge is 0.236 e. The van der Waals surface area contributed by atoms with Crippen molar-refractivity contribution in [2.75, 3.05) is 13.1 Å². The Labute approximate surface area is 92.1 Å². The first-order valence-corrected chi connectivity index (χ1v) is 5.24. The Kier molecular flexibility index (Phi) is 6.37. The Morgan fingerprint density at radius 1 is 1.36 bits per heavy atom. The molecule has 0 aliphatic rings. The van der Waals surface area contributed by atoms with E-state index in [-0.39, 0.29) is 17.1 Å². The maximum absolute atomic E-state index is 11.8. The fourth-order valence-electron chi connectivity index (χ4n) is 1.04. The lowest BCUT2D eigenvalue weighted by molar-refractivity contribution is -0.130.